The molecule has 0 unspecified atom stereocenters. The number of fused-ring (bicyclic) bond motifs is 2. The first kappa shape index (κ1) is 15.6. The lowest BCUT2D eigenvalue weighted by atomic mass is 9.96. The molecule has 3 aromatic carbocycles. The van der Waals surface area contributed by atoms with Crippen LogP contribution in [-0.4, -0.2) is 11.5 Å². The Morgan fingerprint density at radius 1 is 1.08 bits per heavy atom. The molecule has 1 aromatic heterocycles. The zero-order valence-electron chi connectivity index (χ0n) is 12.4. The first-order chi connectivity index (χ1) is 11.6. The number of methoxy groups -OCH3 is 1. The van der Waals surface area contributed by atoms with Gasteiger partial charge >= 0.3 is 0 Å². The summed E-state index contributed by atoms with van der Waals surface area (Å²) < 4.78 is 25.0. The molecule has 2 nitrogen and oxygen atoms in total. The van der Waals surface area contributed by atoms with Crippen LogP contribution in [0.25, 0.3) is 32.8 Å². The highest BCUT2D eigenvalue weighted by Crippen LogP contribution is 2.42. The van der Waals surface area contributed by atoms with Gasteiger partial charge in [0.05, 0.1) is 12.1 Å². The Kier molecular flexibility index (Phi) is 3.83. The van der Waals surface area contributed by atoms with Crippen molar-refractivity contribution in [1.29, 1.82) is 0 Å². The Bertz CT molecular complexity index is 1090. The maximum absolute atomic E-state index is 15.2. The molecule has 120 valence electrons. The maximum atomic E-state index is 15.2. The van der Waals surface area contributed by atoms with Crippen LogP contribution >= 0.6 is 34.7 Å². The van der Waals surface area contributed by atoms with Gasteiger partial charge in [-0.2, -0.15) is 4.37 Å². The molecule has 0 aliphatic rings. The summed E-state index contributed by atoms with van der Waals surface area (Å²) in [4.78, 5) is 0. The molecule has 24 heavy (non-hydrogen) atoms. The minimum absolute atomic E-state index is 0.233. The number of hydrogen-bond acceptors (Lipinski definition) is 3. The number of hydrogen-bond donors (Lipinski definition) is 0. The SMILES string of the molecule is COc1cc(-c2c(Cl)cc3c(Cl)snc3c2F)c2ccccc2c1. The van der Waals surface area contributed by atoms with E-state index in [4.69, 9.17) is 27.9 Å². The van der Waals surface area contributed by atoms with Crippen molar-refractivity contribution in [3.8, 4) is 16.9 Å². The quantitative estimate of drug-likeness (QED) is 0.394. The highest BCUT2D eigenvalue weighted by Gasteiger charge is 2.20. The van der Waals surface area contributed by atoms with E-state index in [-0.39, 0.29) is 5.52 Å². The summed E-state index contributed by atoms with van der Waals surface area (Å²) in [6.45, 7) is 0. The fourth-order valence-corrected chi connectivity index (χ4v) is 3.98. The van der Waals surface area contributed by atoms with E-state index >= 15 is 4.39 Å². The van der Waals surface area contributed by atoms with Gasteiger partial charge in [0.2, 0.25) is 0 Å². The molecule has 0 atom stereocenters. The van der Waals surface area contributed by atoms with Gasteiger partial charge in [0.1, 0.15) is 15.6 Å². The van der Waals surface area contributed by atoms with E-state index in [0.29, 0.717) is 31.6 Å². The van der Waals surface area contributed by atoms with Gasteiger partial charge in [-0.3, -0.25) is 0 Å². The molecule has 6 heteroatoms. The van der Waals surface area contributed by atoms with E-state index in [1.165, 1.54) is 0 Å². The molecule has 0 fully saturated rings. The van der Waals surface area contributed by atoms with E-state index in [2.05, 4.69) is 4.37 Å². The molecule has 1 heterocycles. The van der Waals surface area contributed by atoms with Crippen molar-refractivity contribution in [2.24, 2.45) is 0 Å². The third-order valence-electron chi connectivity index (χ3n) is 3.96. The Labute approximate surface area is 151 Å². The Morgan fingerprint density at radius 3 is 2.67 bits per heavy atom. The van der Waals surface area contributed by atoms with E-state index in [0.717, 1.165) is 22.3 Å². The van der Waals surface area contributed by atoms with Crippen molar-refractivity contribution in [1.82, 2.24) is 4.37 Å². The summed E-state index contributed by atoms with van der Waals surface area (Å²) in [5.74, 6) is 0.162. The maximum Gasteiger partial charge on any atom is 0.159 e. The molecule has 0 saturated heterocycles. The van der Waals surface area contributed by atoms with Crippen LogP contribution in [0, 0.1) is 5.82 Å². The Morgan fingerprint density at radius 2 is 1.88 bits per heavy atom. The van der Waals surface area contributed by atoms with Gasteiger partial charge in [-0.25, -0.2) is 4.39 Å². The molecule has 0 bridgehead atoms. The average molecular weight is 378 g/mol. The normalized spacial score (nSPS) is 11.3. The molecule has 0 spiro atoms. The monoisotopic (exact) mass is 377 g/mol. The fraction of sp³-hybridized carbons (Fsp3) is 0.0556. The fourth-order valence-electron chi connectivity index (χ4n) is 2.84. The summed E-state index contributed by atoms with van der Waals surface area (Å²) in [6.07, 6.45) is 0. The lowest BCUT2D eigenvalue weighted by Crippen LogP contribution is -1.92. The summed E-state index contributed by atoms with van der Waals surface area (Å²) in [5, 5.41) is 2.65. The highest BCUT2D eigenvalue weighted by atomic mass is 35.5. The Balaban J connectivity index is 2.13. The summed E-state index contributed by atoms with van der Waals surface area (Å²) >= 11 is 13.5. The predicted octanol–water partition coefficient (Wildman–Crippen LogP) is 6.57. The lowest BCUT2D eigenvalue weighted by molar-refractivity contribution is 0.415. The Hall–Kier alpha value is -1.88. The zero-order valence-corrected chi connectivity index (χ0v) is 14.8. The van der Waals surface area contributed by atoms with Gasteiger partial charge < -0.3 is 4.74 Å². The molecule has 0 aliphatic heterocycles. The van der Waals surface area contributed by atoms with E-state index in [1.807, 2.05) is 30.3 Å². The average Bonchev–Trinajstić information content (AvgIpc) is 2.96. The second kappa shape index (κ2) is 5.88. The van der Waals surface area contributed by atoms with E-state index < -0.39 is 5.82 Å². The highest BCUT2D eigenvalue weighted by molar-refractivity contribution is 7.12. The van der Waals surface area contributed by atoms with Gasteiger partial charge in [-0.1, -0.05) is 47.5 Å². The van der Waals surface area contributed by atoms with E-state index in [9.17, 15) is 0 Å². The molecule has 0 radical (unpaired) electrons. The van der Waals surface area contributed by atoms with Gasteiger partial charge in [0.25, 0.3) is 0 Å². The number of rotatable bonds is 2. The topological polar surface area (TPSA) is 22.1 Å². The van der Waals surface area contributed by atoms with Crippen molar-refractivity contribution < 1.29 is 9.13 Å². The van der Waals surface area contributed by atoms with E-state index in [1.54, 1.807) is 19.2 Å². The van der Waals surface area contributed by atoms with Crippen LogP contribution < -0.4 is 4.74 Å². The first-order valence-electron chi connectivity index (χ1n) is 7.10. The molecule has 0 saturated carbocycles. The number of ether oxygens (including phenoxy) is 1. The zero-order chi connectivity index (χ0) is 16.8. The van der Waals surface area contributed by atoms with Gasteiger partial charge in [-0.05, 0) is 46.1 Å². The summed E-state index contributed by atoms with van der Waals surface area (Å²) in [6, 6.07) is 13.1. The second-order valence-corrected chi connectivity index (χ2v) is 7.08. The number of aromatic nitrogens is 1. The van der Waals surface area contributed by atoms with Crippen molar-refractivity contribution in [3.63, 3.8) is 0 Å². The van der Waals surface area contributed by atoms with Crippen molar-refractivity contribution in [3.05, 3.63) is 57.6 Å². The standard InChI is InChI=1S/C18H10Cl2FNOS/c1-23-10-6-9-4-2-3-5-11(9)12(7-10)15-14(19)8-13-17(16(15)21)22-24-18(13)20/h2-8H,1H3. The third kappa shape index (κ3) is 2.34. The number of halogens is 3. The van der Waals surface area contributed by atoms with Crippen LogP contribution in [-0.2, 0) is 0 Å². The van der Waals surface area contributed by atoms with Gasteiger partial charge in [0, 0.05) is 10.9 Å². The van der Waals surface area contributed by atoms with Gasteiger partial charge in [0.15, 0.2) is 5.82 Å². The second-order valence-electron chi connectivity index (χ2n) is 5.30. The molecule has 4 aromatic rings. The van der Waals surface area contributed by atoms with Gasteiger partial charge in [-0.15, -0.1) is 0 Å². The minimum atomic E-state index is -0.473. The summed E-state index contributed by atoms with van der Waals surface area (Å²) in [5.41, 5.74) is 1.20. The van der Waals surface area contributed by atoms with Crippen LogP contribution in [0.4, 0.5) is 4.39 Å². The number of nitrogens with zero attached hydrogens (tertiary/aromatic N) is 1. The van der Waals surface area contributed by atoms with Crippen molar-refractivity contribution >= 4 is 56.4 Å². The number of benzene rings is 3. The summed E-state index contributed by atoms with van der Waals surface area (Å²) in [7, 11) is 1.58. The first-order valence-corrected chi connectivity index (χ1v) is 8.63. The molecular weight excluding hydrogens is 368 g/mol. The molecular formula is C18H10Cl2FNOS. The van der Waals surface area contributed by atoms with Crippen LogP contribution in [0.5, 0.6) is 5.75 Å². The largest absolute Gasteiger partial charge is 0.497 e. The molecule has 0 amide bonds. The lowest BCUT2D eigenvalue weighted by Gasteiger charge is -2.12. The smallest absolute Gasteiger partial charge is 0.159 e. The minimum Gasteiger partial charge on any atom is -0.497 e. The van der Waals surface area contributed by atoms with Crippen LogP contribution in [0.15, 0.2) is 42.5 Å². The van der Waals surface area contributed by atoms with Crippen LogP contribution in [0.3, 0.4) is 0 Å². The van der Waals surface area contributed by atoms with Crippen LogP contribution in [0.2, 0.25) is 9.36 Å². The molecule has 0 N–H and O–H groups in total. The molecule has 4 rings (SSSR count). The molecule has 0 aliphatic carbocycles. The van der Waals surface area contributed by atoms with Crippen molar-refractivity contribution in [2.75, 3.05) is 7.11 Å². The third-order valence-corrected chi connectivity index (χ3v) is 5.32. The van der Waals surface area contributed by atoms with Crippen molar-refractivity contribution in [2.45, 2.75) is 0 Å². The predicted molar refractivity (Wildman–Crippen MR) is 99.1 cm³/mol. The van der Waals surface area contributed by atoms with Crippen LogP contribution in [0.1, 0.15) is 0 Å².